The molecule has 0 bridgehead atoms. The zero-order valence-electron chi connectivity index (χ0n) is 14.0. The zero-order chi connectivity index (χ0) is 16.4. The van der Waals surface area contributed by atoms with Crippen molar-refractivity contribution in [2.24, 2.45) is 34.5 Å². The van der Waals surface area contributed by atoms with Crippen molar-refractivity contribution in [1.82, 2.24) is 0 Å². The number of carboxylic acids is 1. The van der Waals surface area contributed by atoms with E-state index in [-0.39, 0.29) is 22.5 Å². The molecule has 3 heteroatoms. The van der Waals surface area contributed by atoms with Crippen molar-refractivity contribution in [3.8, 4) is 0 Å². The molecule has 0 spiro atoms. The minimum absolute atomic E-state index is 0.0134. The molecule has 0 heterocycles. The standard InChI is InChI=1S/C20H26O3/c1-19-9-7-13(21)11-12(19)3-4-14-15-5-6-17(18(22)23)20(15,2)10-8-16(14)19/h7,9,11,14-17H,3-6,8,10H2,1-2H3,(H,22,23)/t14-,15-,16-,17+,19-,20-/m0/s1. The average molecular weight is 314 g/mol. The highest BCUT2D eigenvalue weighted by atomic mass is 16.4. The number of carbonyl (C=O) groups is 2. The maximum atomic E-state index is 11.7. The zero-order valence-corrected chi connectivity index (χ0v) is 14.0. The van der Waals surface area contributed by atoms with Crippen molar-refractivity contribution >= 4 is 11.8 Å². The summed E-state index contributed by atoms with van der Waals surface area (Å²) in [7, 11) is 0. The van der Waals surface area contributed by atoms with Gasteiger partial charge < -0.3 is 5.11 Å². The molecular weight excluding hydrogens is 288 g/mol. The molecule has 4 aliphatic rings. The van der Waals surface area contributed by atoms with Gasteiger partial charge in [-0.15, -0.1) is 0 Å². The molecular formula is C20H26O3. The van der Waals surface area contributed by atoms with Gasteiger partial charge in [0.1, 0.15) is 0 Å². The smallest absolute Gasteiger partial charge is 0.307 e. The van der Waals surface area contributed by atoms with Crippen molar-refractivity contribution in [2.45, 2.75) is 52.4 Å². The highest BCUT2D eigenvalue weighted by Gasteiger charge is 2.59. The molecule has 0 aromatic carbocycles. The van der Waals surface area contributed by atoms with Gasteiger partial charge >= 0.3 is 5.97 Å². The van der Waals surface area contributed by atoms with Crippen LogP contribution in [0.1, 0.15) is 52.4 Å². The number of hydrogen-bond donors (Lipinski definition) is 1. The molecule has 3 fully saturated rings. The fourth-order valence-corrected chi connectivity index (χ4v) is 6.60. The van der Waals surface area contributed by atoms with Gasteiger partial charge in [0.05, 0.1) is 5.92 Å². The van der Waals surface area contributed by atoms with E-state index in [4.69, 9.17) is 0 Å². The molecule has 0 unspecified atom stereocenters. The van der Waals surface area contributed by atoms with E-state index < -0.39 is 5.97 Å². The fraction of sp³-hybridized carbons (Fsp3) is 0.700. The number of ketones is 1. The van der Waals surface area contributed by atoms with Crippen molar-refractivity contribution in [3.63, 3.8) is 0 Å². The lowest BCUT2D eigenvalue weighted by molar-refractivity contribution is -0.148. The normalized spacial score (nSPS) is 48.3. The van der Waals surface area contributed by atoms with Gasteiger partial charge in [-0.05, 0) is 73.8 Å². The number of allylic oxidation sites excluding steroid dienone is 4. The Morgan fingerprint density at radius 1 is 1.17 bits per heavy atom. The van der Waals surface area contributed by atoms with Crippen molar-refractivity contribution in [3.05, 3.63) is 23.8 Å². The largest absolute Gasteiger partial charge is 0.481 e. The van der Waals surface area contributed by atoms with Crippen molar-refractivity contribution in [1.29, 1.82) is 0 Å². The molecule has 6 atom stereocenters. The van der Waals surface area contributed by atoms with Crippen LogP contribution >= 0.6 is 0 Å². The summed E-state index contributed by atoms with van der Waals surface area (Å²) in [5.74, 6) is 1.08. The van der Waals surface area contributed by atoms with Crippen LogP contribution in [-0.4, -0.2) is 16.9 Å². The number of carbonyl (C=O) groups excluding carboxylic acids is 1. The summed E-state index contributed by atoms with van der Waals surface area (Å²) in [5.41, 5.74) is 1.29. The van der Waals surface area contributed by atoms with E-state index in [1.165, 1.54) is 5.57 Å². The summed E-state index contributed by atoms with van der Waals surface area (Å²) < 4.78 is 0. The second-order valence-electron chi connectivity index (χ2n) is 8.62. The summed E-state index contributed by atoms with van der Waals surface area (Å²) in [5, 5.41) is 9.62. The molecule has 0 aromatic heterocycles. The number of hydrogen-bond acceptors (Lipinski definition) is 2. The second-order valence-corrected chi connectivity index (χ2v) is 8.62. The summed E-state index contributed by atoms with van der Waals surface area (Å²) >= 11 is 0. The maximum Gasteiger partial charge on any atom is 0.307 e. The Hall–Kier alpha value is -1.38. The van der Waals surface area contributed by atoms with Gasteiger partial charge in [-0.25, -0.2) is 0 Å². The lowest BCUT2D eigenvalue weighted by atomic mass is 9.48. The van der Waals surface area contributed by atoms with E-state index in [0.717, 1.165) is 38.5 Å². The minimum Gasteiger partial charge on any atom is -0.481 e. The first-order valence-electron chi connectivity index (χ1n) is 9.03. The first-order valence-corrected chi connectivity index (χ1v) is 9.03. The van der Waals surface area contributed by atoms with Crippen LogP contribution in [0.25, 0.3) is 0 Å². The quantitative estimate of drug-likeness (QED) is 0.796. The van der Waals surface area contributed by atoms with E-state index in [0.29, 0.717) is 17.8 Å². The Balaban J connectivity index is 1.68. The van der Waals surface area contributed by atoms with Gasteiger partial charge in [0.25, 0.3) is 0 Å². The molecule has 0 amide bonds. The monoisotopic (exact) mass is 314 g/mol. The number of aliphatic carboxylic acids is 1. The van der Waals surface area contributed by atoms with E-state index in [1.54, 1.807) is 6.08 Å². The van der Waals surface area contributed by atoms with E-state index in [2.05, 4.69) is 19.9 Å². The van der Waals surface area contributed by atoms with Gasteiger partial charge in [-0.1, -0.05) is 25.5 Å². The highest BCUT2D eigenvalue weighted by molar-refractivity contribution is 6.01. The first-order chi connectivity index (χ1) is 10.9. The average Bonchev–Trinajstić information content (AvgIpc) is 2.85. The predicted octanol–water partition coefficient (Wildman–Crippen LogP) is 4.00. The second kappa shape index (κ2) is 4.81. The van der Waals surface area contributed by atoms with Crippen LogP contribution < -0.4 is 0 Å². The third kappa shape index (κ3) is 1.95. The van der Waals surface area contributed by atoms with E-state index in [9.17, 15) is 14.7 Å². The molecule has 0 aliphatic heterocycles. The summed E-state index contributed by atoms with van der Waals surface area (Å²) in [4.78, 5) is 23.4. The summed E-state index contributed by atoms with van der Waals surface area (Å²) in [6, 6.07) is 0. The third-order valence-electron chi connectivity index (χ3n) is 7.85. The van der Waals surface area contributed by atoms with Crippen LogP contribution in [0.15, 0.2) is 23.8 Å². The predicted molar refractivity (Wildman–Crippen MR) is 87.7 cm³/mol. The number of carboxylic acid groups (broad SMARTS) is 1. The van der Waals surface area contributed by atoms with Crippen molar-refractivity contribution < 1.29 is 14.7 Å². The molecule has 3 saturated carbocycles. The Morgan fingerprint density at radius 2 is 1.96 bits per heavy atom. The van der Waals surface area contributed by atoms with Crippen LogP contribution in [0.4, 0.5) is 0 Å². The van der Waals surface area contributed by atoms with E-state index in [1.807, 2.05) is 6.08 Å². The van der Waals surface area contributed by atoms with Crippen LogP contribution in [0.3, 0.4) is 0 Å². The van der Waals surface area contributed by atoms with Crippen LogP contribution in [0.2, 0.25) is 0 Å². The Morgan fingerprint density at radius 3 is 2.70 bits per heavy atom. The molecule has 23 heavy (non-hydrogen) atoms. The van der Waals surface area contributed by atoms with Crippen LogP contribution in [0, 0.1) is 34.5 Å². The van der Waals surface area contributed by atoms with Gasteiger partial charge in [-0.2, -0.15) is 0 Å². The molecule has 4 rings (SSSR count). The Labute approximate surface area is 137 Å². The van der Waals surface area contributed by atoms with Crippen LogP contribution in [0.5, 0.6) is 0 Å². The van der Waals surface area contributed by atoms with Gasteiger partial charge in [0.15, 0.2) is 5.78 Å². The highest BCUT2D eigenvalue weighted by Crippen LogP contribution is 2.65. The summed E-state index contributed by atoms with van der Waals surface area (Å²) in [6.45, 7) is 4.53. The minimum atomic E-state index is -0.598. The number of rotatable bonds is 1. The molecule has 3 nitrogen and oxygen atoms in total. The summed E-state index contributed by atoms with van der Waals surface area (Å²) in [6.07, 6.45) is 11.9. The van der Waals surface area contributed by atoms with Gasteiger partial charge in [-0.3, -0.25) is 9.59 Å². The number of fused-ring (bicyclic) bond motifs is 5. The van der Waals surface area contributed by atoms with Crippen molar-refractivity contribution in [2.75, 3.05) is 0 Å². The lowest BCUT2D eigenvalue weighted by Gasteiger charge is -2.56. The van der Waals surface area contributed by atoms with Crippen LogP contribution in [-0.2, 0) is 9.59 Å². The molecule has 0 saturated heterocycles. The Bertz CT molecular complexity index is 631. The molecule has 1 N–H and O–H groups in total. The third-order valence-corrected chi connectivity index (χ3v) is 7.85. The Kier molecular flexibility index (Phi) is 3.17. The molecule has 124 valence electrons. The topological polar surface area (TPSA) is 54.4 Å². The van der Waals surface area contributed by atoms with Gasteiger partial charge in [0, 0.05) is 5.41 Å². The fourth-order valence-electron chi connectivity index (χ4n) is 6.60. The first kappa shape index (κ1) is 15.2. The molecule has 4 aliphatic carbocycles. The maximum absolute atomic E-state index is 11.7. The lowest BCUT2D eigenvalue weighted by Crippen LogP contribution is -2.50. The van der Waals surface area contributed by atoms with E-state index >= 15 is 0 Å². The van der Waals surface area contributed by atoms with Gasteiger partial charge in [0.2, 0.25) is 0 Å². The SMILES string of the molecule is C[C@]12CC[C@H]3[C@@H](CCC4=CC(=O)C=C[C@@]43C)[C@@H]1CC[C@@H]2C(=O)O. The molecule has 0 aromatic rings. The molecule has 0 radical (unpaired) electrons.